The predicted octanol–water partition coefficient (Wildman–Crippen LogP) is 4.87. The Kier molecular flexibility index (Phi) is 8.70. The van der Waals surface area contributed by atoms with Crippen molar-refractivity contribution in [3.05, 3.63) is 83.4 Å². The third-order valence-electron chi connectivity index (χ3n) is 6.04. The Morgan fingerprint density at radius 1 is 0.675 bits per heavy atom. The van der Waals surface area contributed by atoms with Gasteiger partial charge in [0.15, 0.2) is 23.0 Å². The number of ether oxygens (including phenoxy) is 6. The molecule has 10 nitrogen and oxygen atoms in total. The van der Waals surface area contributed by atoms with Crippen molar-refractivity contribution in [1.29, 1.82) is 0 Å². The van der Waals surface area contributed by atoms with Crippen molar-refractivity contribution >= 4 is 28.9 Å². The van der Waals surface area contributed by atoms with Gasteiger partial charge in [0.05, 0.1) is 47.3 Å². The summed E-state index contributed by atoms with van der Waals surface area (Å²) in [5.74, 6) is 1.04. The van der Waals surface area contributed by atoms with Crippen molar-refractivity contribution in [2.75, 3.05) is 35.5 Å². The highest BCUT2D eigenvalue weighted by Crippen LogP contribution is 2.38. The van der Waals surface area contributed by atoms with Crippen LogP contribution in [0.1, 0.15) is 26.3 Å². The van der Waals surface area contributed by atoms with Crippen molar-refractivity contribution in [2.45, 2.75) is 0 Å². The number of esters is 1. The number of carbonyl (C=O) groups is 2. The molecular formula is C30H28N2O8. The van der Waals surface area contributed by atoms with Crippen LogP contribution in [-0.2, 0) is 0 Å². The van der Waals surface area contributed by atoms with Gasteiger partial charge in [-0.05, 0) is 47.2 Å². The lowest BCUT2D eigenvalue weighted by molar-refractivity contribution is 0.0734. The average molecular weight is 545 g/mol. The standard InChI is InChI=1S/C30H28N2O8/c1-35-24-13-11-19(14-25(24)36-2)30(34)40-23-12-10-18-8-6-7-9-21(18)22(23)17-31-32-29(33)20-15-26(37-3)28(39-5)27(16-20)38-4/h6-17H,1-5H3,(H,32,33). The van der Waals surface area contributed by atoms with Gasteiger partial charge < -0.3 is 28.4 Å². The second-order valence-corrected chi connectivity index (χ2v) is 8.27. The average Bonchev–Trinajstić information content (AvgIpc) is 3.00. The number of nitrogens with zero attached hydrogens (tertiary/aromatic N) is 1. The summed E-state index contributed by atoms with van der Waals surface area (Å²) >= 11 is 0. The monoisotopic (exact) mass is 544 g/mol. The summed E-state index contributed by atoms with van der Waals surface area (Å²) in [6.07, 6.45) is 1.43. The van der Waals surface area contributed by atoms with Gasteiger partial charge in [0.25, 0.3) is 5.91 Å². The molecular weight excluding hydrogens is 516 g/mol. The lowest BCUT2D eigenvalue weighted by Gasteiger charge is -2.13. The van der Waals surface area contributed by atoms with E-state index in [1.54, 1.807) is 18.2 Å². The third kappa shape index (κ3) is 5.75. The molecule has 0 radical (unpaired) electrons. The smallest absolute Gasteiger partial charge is 0.343 e. The number of methoxy groups -OCH3 is 5. The highest BCUT2D eigenvalue weighted by molar-refractivity contribution is 6.04. The van der Waals surface area contributed by atoms with E-state index in [1.807, 2.05) is 30.3 Å². The summed E-state index contributed by atoms with van der Waals surface area (Å²) < 4.78 is 32.2. The fraction of sp³-hybridized carbons (Fsp3) is 0.167. The Hall–Kier alpha value is -5.25. The first-order valence-electron chi connectivity index (χ1n) is 12.0. The van der Waals surface area contributed by atoms with Gasteiger partial charge in [0.1, 0.15) is 5.75 Å². The SMILES string of the molecule is COc1ccc(C(=O)Oc2ccc3ccccc3c2C=NNC(=O)c2cc(OC)c(OC)c(OC)c2)cc1OC. The lowest BCUT2D eigenvalue weighted by Crippen LogP contribution is -2.18. The fourth-order valence-corrected chi connectivity index (χ4v) is 4.05. The van der Waals surface area contributed by atoms with Gasteiger partial charge in [-0.15, -0.1) is 0 Å². The highest BCUT2D eigenvalue weighted by Gasteiger charge is 2.18. The molecule has 0 aliphatic heterocycles. The van der Waals surface area contributed by atoms with Crippen LogP contribution in [0.2, 0.25) is 0 Å². The van der Waals surface area contributed by atoms with Crippen LogP contribution in [-0.4, -0.2) is 53.6 Å². The zero-order valence-corrected chi connectivity index (χ0v) is 22.6. The molecule has 4 rings (SSSR count). The summed E-state index contributed by atoms with van der Waals surface area (Å²) in [6, 6.07) is 18.8. The minimum atomic E-state index is -0.604. The van der Waals surface area contributed by atoms with Gasteiger partial charge in [-0.25, -0.2) is 10.2 Å². The number of rotatable bonds is 10. The quantitative estimate of drug-likeness (QED) is 0.130. The van der Waals surface area contributed by atoms with Crippen LogP contribution in [0.5, 0.6) is 34.5 Å². The summed E-state index contributed by atoms with van der Waals surface area (Å²) in [5.41, 5.74) is 3.51. The number of hydrazone groups is 1. The third-order valence-corrected chi connectivity index (χ3v) is 6.04. The van der Waals surface area contributed by atoms with Crippen molar-refractivity contribution in [3.8, 4) is 34.5 Å². The summed E-state index contributed by atoms with van der Waals surface area (Å²) in [7, 11) is 7.39. The van der Waals surface area contributed by atoms with Crippen LogP contribution >= 0.6 is 0 Å². The minimum absolute atomic E-state index is 0.240. The first-order valence-corrected chi connectivity index (χ1v) is 12.0. The van der Waals surface area contributed by atoms with Crippen LogP contribution < -0.4 is 33.8 Å². The van der Waals surface area contributed by atoms with Crippen molar-refractivity contribution in [2.24, 2.45) is 5.10 Å². The lowest BCUT2D eigenvalue weighted by atomic mass is 10.0. The van der Waals surface area contributed by atoms with Crippen LogP contribution in [0.15, 0.2) is 71.8 Å². The van der Waals surface area contributed by atoms with Gasteiger partial charge >= 0.3 is 5.97 Å². The second-order valence-electron chi connectivity index (χ2n) is 8.27. The van der Waals surface area contributed by atoms with E-state index in [0.717, 1.165) is 10.8 Å². The first-order chi connectivity index (χ1) is 19.4. The molecule has 0 unspecified atom stereocenters. The molecule has 0 spiro atoms. The van der Waals surface area contributed by atoms with Crippen molar-refractivity contribution in [1.82, 2.24) is 5.43 Å². The summed E-state index contributed by atoms with van der Waals surface area (Å²) in [4.78, 5) is 26.0. The van der Waals surface area contributed by atoms with E-state index in [2.05, 4.69) is 10.5 Å². The number of carbonyl (C=O) groups excluding carboxylic acids is 2. The number of fused-ring (bicyclic) bond motifs is 1. The maximum absolute atomic E-state index is 13.0. The molecule has 0 atom stereocenters. The molecule has 0 heterocycles. The predicted molar refractivity (Wildman–Crippen MR) is 150 cm³/mol. The Bertz CT molecular complexity index is 1560. The number of nitrogens with one attached hydrogen (secondary N) is 1. The molecule has 0 aliphatic carbocycles. The number of hydrogen-bond acceptors (Lipinski definition) is 9. The largest absolute Gasteiger partial charge is 0.493 e. The zero-order valence-electron chi connectivity index (χ0n) is 22.6. The Morgan fingerprint density at radius 2 is 1.30 bits per heavy atom. The van der Waals surface area contributed by atoms with E-state index in [4.69, 9.17) is 28.4 Å². The van der Waals surface area contributed by atoms with Crippen LogP contribution in [0.3, 0.4) is 0 Å². The fourth-order valence-electron chi connectivity index (χ4n) is 4.05. The van der Waals surface area contributed by atoms with Crippen LogP contribution in [0.25, 0.3) is 10.8 Å². The van der Waals surface area contributed by atoms with E-state index in [0.29, 0.717) is 34.3 Å². The van der Waals surface area contributed by atoms with E-state index in [9.17, 15) is 9.59 Å². The highest BCUT2D eigenvalue weighted by atomic mass is 16.5. The molecule has 0 saturated carbocycles. The maximum atomic E-state index is 13.0. The Labute approximate surface area is 231 Å². The molecule has 0 fully saturated rings. The Balaban J connectivity index is 1.63. The molecule has 0 bridgehead atoms. The molecule has 0 saturated heterocycles. The topological polar surface area (TPSA) is 114 Å². The molecule has 40 heavy (non-hydrogen) atoms. The molecule has 10 heteroatoms. The van der Waals surface area contributed by atoms with Gasteiger partial charge in [0.2, 0.25) is 5.75 Å². The molecule has 0 aromatic heterocycles. The van der Waals surface area contributed by atoms with Gasteiger partial charge in [0, 0.05) is 11.1 Å². The number of amides is 1. The summed E-state index contributed by atoms with van der Waals surface area (Å²) in [6.45, 7) is 0. The molecule has 4 aromatic carbocycles. The normalized spacial score (nSPS) is 10.7. The minimum Gasteiger partial charge on any atom is -0.493 e. The van der Waals surface area contributed by atoms with Crippen molar-refractivity contribution < 1.29 is 38.0 Å². The van der Waals surface area contributed by atoms with Gasteiger partial charge in [-0.3, -0.25) is 4.79 Å². The number of hydrogen-bond donors (Lipinski definition) is 1. The van der Waals surface area contributed by atoms with E-state index < -0.39 is 11.9 Å². The molecule has 1 amide bonds. The van der Waals surface area contributed by atoms with E-state index in [1.165, 1.54) is 60.0 Å². The van der Waals surface area contributed by atoms with Crippen LogP contribution in [0.4, 0.5) is 0 Å². The molecule has 1 N–H and O–H groups in total. The van der Waals surface area contributed by atoms with E-state index in [-0.39, 0.29) is 16.9 Å². The maximum Gasteiger partial charge on any atom is 0.343 e. The van der Waals surface area contributed by atoms with E-state index >= 15 is 0 Å². The first kappa shape index (κ1) is 27.8. The zero-order chi connectivity index (χ0) is 28.6. The summed E-state index contributed by atoms with van der Waals surface area (Å²) in [5, 5.41) is 5.81. The molecule has 4 aromatic rings. The molecule has 0 aliphatic rings. The molecule has 206 valence electrons. The Morgan fingerprint density at radius 3 is 1.95 bits per heavy atom. The second kappa shape index (κ2) is 12.5. The van der Waals surface area contributed by atoms with Crippen molar-refractivity contribution in [3.63, 3.8) is 0 Å². The van der Waals surface area contributed by atoms with Crippen LogP contribution in [0, 0.1) is 0 Å². The van der Waals surface area contributed by atoms with Gasteiger partial charge in [-0.1, -0.05) is 30.3 Å². The van der Waals surface area contributed by atoms with Gasteiger partial charge in [-0.2, -0.15) is 5.10 Å². The number of benzene rings is 4.